The molecule has 12 nitrogen and oxygen atoms in total. The molecule has 2 aromatic heterocycles. The third-order valence-corrected chi connectivity index (χ3v) is 7.73. The average molecular weight is 602 g/mol. The number of unbranched alkanes of at least 4 members (excludes halogenated alkanes) is 2. The summed E-state index contributed by atoms with van der Waals surface area (Å²) < 4.78 is 17.5. The molecule has 0 unspecified atom stereocenters. The number of hydrogen-bond acceptors (Lipinski definition) is 8. The molecule has 44 heavy (non-hydrogen) atoms. The fourth-order valence-electron chi connectivity index (χ4n) is 5.58. The molecule has 230 valence electrons. The van der Waals surface area contributed by atoms with Gasteiger partial charge in [0.05, 0.1) is 44.3 Å². The molecular weight excluding hydrogens is 566 g/mol. The quantitative estimate of drug-likeness (QED) is 0.172. The SMILES string of the molecule is COC(=O)CCCCCNC(=O)c1c2c(nn1Cc1ccccc1)-c1cc(OC)c(-c3c(C)noc3C)cc1N(C(=O)O)C2. The maximum absolute atomic E-state index is 13.7. The number of aromatic nitrogens is 3. The summed E-state index contributed by atoms with van der Waals surface area (Å²) in [4.78, 5) is 39.0. The maximum Gasteiger partial charge on any atom is 0.412 e. The molecule has 4 aromatic rings. The molecule has 5 rings (SSSR count). The van der Waals surface area contributed by atoms with Gasteiger partial charge in [-0.1, -0.05) is 41.9 Å². The first-order chi connectivity index (χ1) is 21.2. The number of carbonyl (C=O) groups is 3. The van der Waals surface area contributed by atoms with Gasteiger partial charge in [0.25, 0.3) is 5.91 Å². The summed E-state index contributed by atoms with van der Waals surface area (Å²) in [6, 6.07) is 13.1. The van der Waals surface area contributed by atoms with Crippen LogP contribution in [0.15, 0.2) is 47.0 Å². The van der Waals surface area contributed by atoms with Gasteiger partial charge in [-0.25, -0.2) is 4.79 Å². The van der Waals surface area contributed by atoms with Crippen LogP contribution in [0.25, 0.3) is 22.4 Å². The molecule has 0 fully saturated rings. The Morgan fingerprint density at radius 2 is 1.82 bits per heavy atom. The van der Waals surface area contributed by atoms with Crippen molar-refractivity contribution >= 4 is 23.7 Å². The molecule has 2 amide bonds. The number of anilines is 1. The van der Waals surface area contributed by atoms with Gasteiger partial charge in [0.15, 0.2) is 0 Å². The second-order valence-electron chi connectivity index (χ2n) is 10.6. The second-order valence-corrected chi connectivity index (χ2v) is 10.6. The summed E-state index contributed by atoms with van der Waals surface area (Å²) in [5, 5.41) is 22.2. The molecule has 0 bridgehead atoms. The second kappa shape index (κ2) is 13.0. The van der Waals surface area contributed by atoms with Crippen LogP contribution in [-0.2, 0) is 22.6 Å². The molecule has 0 atom stereocenters. The number of carboxylic acid groups (broad SMARTS) is 1. The smallest absolute Gasteiger partial charge is 0.412 e. The number of aryl methyl sites for hydroxylation is 2. The van der Waals surface area contributed by atoms with E-state index in [1.807, 2.05) is 37.3 Å². The van der Waals surface area contributed by atoms with Gasteiger partial charge in [-0.15, -0.1) is 0 Å². The Bertz CT molecular complexity index is 1670. The van der Waals surface area contributed by atoms with Crippen LogP contribution in [0.2, 0.25) is 0 Å². The van der Waals surface area contributed by atoms with Gasteiger partial charge in [-0.05, 0) is 44.4 Å². The van der Waals surface area contributed by atoms with Crippen molar-refractivity contribution in [3.63, 3.8) is 0 Å². The highest BCUT2D eigenvalue weighted by Crippen LogP contribution is 2.47. The van der Waals surface area contributed by atoms with E-state index in [0.29, 0.717) is 83.3 Å². The zero-order chi connectivity index (χ0) is 31.4. The molecule has 0 aliphatic carbocycles. The van der Waals surface area contributed by atoms with E-state index in [-0.39, 0.29) is 18.4 Å². The van der Waals surface area contributed by atoms with Crippen LogP contribution in [-0.4, -0.2) is 58.8 Å². The van der Waals surface area contributed by atoms with Crippen LogP contribution in [0.4, 0.5) is 10.5 Å². The van der Waals surface area contributed by atoms with Crippen LogP contribution >= 0.6 is 0 Å². The maximum atomic E-state index is 13.7. The Morgan fingerprint density at radius 3 is 2.48 bits per heavy atom. The van der Waals surface area contributed by atoms with Crippen molar-refractivity contribution < 1.29 is 33.5 Å². The Hall–Kier alpha value is -5.13. The van der Waals surface area contributed by atoms with Gasteiger partial charge >= 0.3 is 12.1 Å². The predicted octanol–water partition coefficient (Wildman–Crippen LogP) is 5.34. The number of methoxy groups -OCH3 is 2. The summed E-state index contributed by atoms with van der Waals surface area (Å²) in [6.07, 6.45) is 1.23. The number of ether oxygens (including phenoxy) is 2. The van der Waals surface area contributed by atoms with Crippen molar-refractivity contribution in [1.29, 1.82) is 0 Å². The largest absolute Gasteiger partial charge is 0.496 e. The fourth-order valence-corrected chi connectivity index (χ4v) is 5.58. The van der Waals surface area contributed by atoms with Crippen molar-refractivity contribution in [2.45, 2.75) is 52.6 Å². The van der Waals surface area contributed by atoms with E-state index < -0.39 is 6.09 Å². The molecule has 0 saturated carbocycles. The lowest BCUT2D eigenvalue weighted by Crippen LogP contribution is -2.34. The molecule has 0 spiro atoms. The predicted molar refractivity (Wildman–Crippen MR) is 162 cm³/mol. The number of nitrogens with one attached hydrogen (secondary N) is 1. The van der Waals surface area contributed by atoms with Crippen LogP contribution < -0.4 is 15.0 Å². The Labute approximate surface area is 254 Å². The van der Waals surface area contributed by atoms with Gasteiger partial charge in [0.1, 0.15) is 22.9 Å². The lowest BCUT2D eigenvalue weighted by Gasteiger charge is -2.28. The van der Waals surface area contributed by atoms with Crippen LogP contribution in [0.3, 0.4) is 0 Å². The standard InChI is InChI=1S/C32H35N5O7/c1-19-28(20(2)44-35-19)23-15-25-22(16-26(23)42-3)29-24(18-36(25)32(40)41)30(37(34-29)17-21-11-7-5-8-12-21)31(39)33-14-10-6-9-13-27(38)43-4/h5,7-8,11-12,15-16H,6,9-10,13-14,17-18H2,1-4H3,(H,33,39)(H,40,41). The number of amides is 2. The Balaban J connectivity index is 1.55. The number of benzene rings is 2. The average Bonchev–Trinajstić information content (AvgIpc) is 3.55. The molecule has 1 aliphatic heterocycles. The van der Waals surface area contributed by atoms with Crippen LogP contribution in [0.5, 0.6) is 5.75 Å². The number of hydrogen-bond donors (Lipinski definition) is 2. The molecule has 2 aromatic carbocycles. The van der Waals surface area contributed by atoms with Gasteiger partial charge in [0.2, 0.25) is 0 Å². The number of fused-ring (bicyclic) bond motifs is 3. The third kappa shape index (κ3) is 6.01. The normalized spacial score (nSPS) is 12.0. The first-order valence-electron chi connectivity index (χ1n) is 14.4. The highest BCUT2D eigenvalue weighted by atomic mass is 16.5. The highest BCUT2D eigenvalue weighted by molar-refractivity contribution is 6.02. The van der Waals surface area contributed by atoms with Crippen LogP contribution in [0, 0.1) is 13.8 Å². The molecule has 1 aliphatic rings. The lowest BCUT2D eigenvalue weighted by atomic mass is 9.93. The number of rotatable bonds is 11. The summed E-state index contributed by atoms with van der Waals surface area (Å²) in [5.41, 5.74) is 5.22. The van der Waals surface area contributed by atoms with Gasteiger partial charge in [0, 0.05) is 29.7 Å². The van der Waals surface area contributed by atoms with Gasteiger partial charge in [-0.3, -0.25) is 19.2 Å². The molecule has 3 heterocycles. The van der Waals surface area contributed by atoms with Crippen molar-refractivity contribution in [2.24, 2.45) is 0 Å². The topological polar surface area (TPSA) is 149 Å². The number of nitrogens with zero attached hydrogens (tertiary/aromatic N) is 4. The molecule has 0 radical (unpaired) electrons. The van der Waals surface area contributed by atoms with E-state index in [9.17, 15) is 19.5 Å². The summed E-state index contributed by atoms with van der Waals surface area (Å²) in [5.74, 6) is 0.461. The molecule has 2 N–H and O–H groups in total. The lowest BCUT2D eigenvalue weighted by molar-refractivity contribution is -0.140. The zero-order valence-electron chi connectivity index (χ0n) is 25.2. The van der Waals surface area contributed by atoms with Gasteiger partial charge in [-0.2, -0.15) is 5.10 Å². The summed E-state index contributed by atoms with van der Waals surface area (Å²) in [6.45, 7) is 4.23. The Morgan fingerprint density at radius 1 is 1.05 bits per heavy atom. The molecule has 12 heteroatoms. The fraction of sp³-hybridized carbons (Fsp3) is 0.344. The monoisotopic (exact) mass is 601 g/mol. The zero-order valence-corrected chi connectivity index (χ0v) is 25.2. The molecule has 0 saturated heterocycles. The van der Waals surface area contributed by atoms with E-state index >= 15 is 0 Å². The van der Waals surface area contributed by atoms with Crippen molar-refractivity contribution in [1.82, 2.24) is 20.3 Å². The van der Waals surface area contributed by atoms with Gasteiger partial charge < -0.3 is 24.4 Å². The first kappa shape index (κ1) is 30.3. The summed E-state index contributed by atoms with van der Waals surface area (Å²) >= 11 is 0. The van der Waals surface area contributed by atoms with E-state index in [1.54, 1.807) is 30.8 Å². The number of esters is 1. The summed E-state index contributed by atoms with van der Waals surface area (Å²) in [7, 11) is 2.90. The minimum Gasteiger partial charge on any atom is -0.496 e. The van der Waals surface area contributed by atoms with Crippen molar-refractivity contribution in [3.8, 4) is 28.1 Å². The van der Waals surface area contributed by atoms with Crippen molar-refractivity contribution in [3.05, 3.63) is 70.7 Å². The number of carbonyl (C=O) groups excluding carboxylic acids is 2. The Kier molecular flexibility index (Phi) is 8.98. The minimum absolute atomic E-state index is 0.0677. The van der Waals surface area contributed by atoms with E-state index in [4.69, 9.17) is 14.4 Å². The first-order valence-corrected chi connectivity index (χ1v) is 14.4. The molecular formula is C32H35N5O7. The highest BCUT2D eigenvalue weighted by Gasteiger charge is 2.35. The minimum atomic E-state index is -1.17. The van der Waals surface area contributed by atoms with Crippen LogP contribution in [0.1, 0.15) is 58.8 Å². The van der Waals surface area contributed by atoms with Crippen molar-refractivity contribution in [2.75, 3.05) is 25.7 Å². The van der Waals surface area contributed by atoms with E-state index in [1.165, 1.54) is 12.0 Å². The van der Waals surface area contributed by atoms with E-state index in [0.717, 1.165) is 17.5 Å². The third-order valence-electron chi connectivity index (χ3n) is 7.73. The van der Waals surface area contributed by atoms with E-state index in [2.05, 4.69) is 15.2 Å².